The van der Waals surface area contributed by atoms with E-state index in [2.05, 4.69) is 27.7 Å². The zero-order valence-electron chi connectivity index (χ0n) is 60.9. The Balaban J connectivity index is 5.12. The minimum absolute atomic E-state index is 0.105. The zero-order valence-corrected chi connectivity index (χ0v) is 62.7. The highest BCUT2D eigenvalue weighted by Gasteiger charge is 2.30. The first-order valence-electron chi connectivity index (χ1n) is 39.3. The van der Waals surface area contributed by atoms with E-state index in [0.29, 0.717) is 25.7 Å². The highest BCUT2D eigenvalue weighted by molar-refractivity contribution is 7.47. The number of rotatable bonds is 76. The van der Waals surface area contributed by atoms with E-state index >= 15 is 0 Å². The van der Waals surface area contributed by atoms with Gasteiger partial charge in [-0.3, -0.25) is 37.3 Å². The molecule has 0 aliphatic carbocycles. The molecule has 558 valence electrons. The molecule has 0 bridgehead atoms. The summed E-state index contributed by atoms with van der Waals surface area (Å²) in [4.78, 5) is 72.5. The van der Waals surface area contributed by atoms with Crippen molar-refractivity contribution in [1.29, 1.82) is 0 Å². The third-order valence-electron chi connectivity index (χ3n) is 17.6. The van der Waals surface area contributed by atoms with Crippen LogP contribution in [0.1, 0.15) is 400 Å². The van der Waals surface area contributed by atoms with Gasteiger partial charge in [-0.1, -0.05) is 349 Å². The lowest BCUT2D eigenvalue weighted by molar-refractivity contribution is -0.161. The van der Waals surface area contributed by atoms with Crippen molar-refractivity contribution in [1.82, 2.24) is 0 Å². The molecule has 19 heteroatoms. The highest BCUT2D eigenvalue weighted by atomic mass is 31.2. The molecule has 5 atom stereocenters. The fourth-order valence-corrected chi connectivity index (χ4v) is 13.2. The summed E-state index contributed by atoms with van der Waals surface area (Å²) in [6, 6.07) is 0. The minimum atomic E-state index is -4.95. The van der Waals surface area contributed by atoms with Crippen molar-refractivity contribution >= 4 is 39.5 Å². The summed E-state index contributed by atoms with van der Waals surface area (Å²) >= 11 is 0. The maximum atomic E-state index is 13.1. The van der Waals surface area contributed by atoms with Gasteiger partial charge in [-0.05, 0) is 25.7 Å². The van der Waals surface area contributed by atoms with Gasteiger partial charge in [0, 0.05) is 25.7 Å². The summed E-state index contributed by atoms with van der Waals surface area (Å²) in [5.41, 5.74) is 0. The Hall–Kier alpha value is -1.94. The van der Waals surface area contributed by atoms with Gasteiger partial charge in [0.25, 0.3) is 0 Å². The van der Waals surface area contributed by atoms with E-state index in [4.69, 9.17) is 37.0 Å². The van der Waals surface area contributed by atoms with E-state index in [1.54, 1.807) is 0 Å². The topological polar surface area (TPSA) is 237 Å². The number of unbranched alkanes of at least 4 members (excludes halogenated alkanes) is 50. The van der Waals surface area contributed by atoms with Crippen LogP contribution in [0, 0.1) is 0 Å². The van der Waals surface area contributed by atoms with Crippen LogP contribution in [0.5, 0.6) is 0 Å². The summed E-state index contributed by atoms with van der Waals surface area (Å²) in [6.07, 6.45) is 60.0. The van der Waals surface area contributed by atoms with Gasteiger partial charge in [-0.15, -0.1) is 0 Å². The van der Waals surface area contributed by atoms with E-state index in [1.165, 1.54) is 218 Å². The standard InChI is InChI=1S/C75H146O17P2/c1-5-9-13-17-21-25-27-29-31-33-34-35-36-37-38-40-42-44-46-50-54-58-62-75(80)92-71(66-86-73(78)60-56-52-49-45-43-41-39-32-30-28-26-22-18-14-10-6-2)68-90-94(83,84)88-64-69(76)63-87-93(81,82)89-67-70(91-74(79)61-57-53-48-24-20-16-12-8-4)65-85-72(77)59-55-51-47-23-19-15-11-7-3/h69-71,76H,5-68H2,1-4H3,(H,81,82)(H,83,84)/t69-,70+,71+/m0/s1. The molecule has 0 spiro atoms. The molecule has 0 aromatic carbocycles. The molecule has 0 radical (unpaired) electrons. The third-order valence-corrected chi connectivity index (χ3v) is 19.5. The summed E-state index contributed by atoms with van der Waals surface area (Å²) in [7, 11) is -9.90. The van der Waals surface area contributed by atoms with Crippen LogP contribution in [0.4, 0.5) is 0 Å². The number of hydrogen-bond acceptors (Lipinski definition) is 15. The SMILES string of the molecule is CCCCCCCCCCCCCCCCCCCCCCCCC(=O)O[C@H](COC(=O)CCCCCCCCCCCCCCCCCC)COP(=O)(O)OC[C@@H](O)COP(=O)(O)OC[C@@H](COC(=O)CCCCCCCCCC)OC(=O)CCCCCCCCCC. The Bertz CT molecular complexity index is 1790. The van der Waals surface area contributed by atoms with Crippen LogP contribution in [0.2, 0.25) is 0 Å². The average Bonchev–Trinajstić information content (AvgIpc) is 1.39. The molecule has 0 fully saturated rings. The second kappa shape index (κ2) is 69.5. The van der Waals surface area contributed by atoms with E-state index < -0.39 is 97.5 Å². The Labute approximate surface area is 575 Å². The van der Waals surface area contributed by atoms with Crippen LogP contribution in [-0.2, 0) is 65.4 Å². The van der Waals surface area contributed by atoms with Crippen molar-refractivity contribution in [2.75, 3.05) is 39.6 Å². The molecule has 0 rings (SSSR count). The number of phosphoric ester groups is 2. The maximum Gasteiger partial charge on any atom is 0.472 e. The van der Waals surface area contributed by atoms with E-state index in [0.717, 1.165) is 103 Å². The summed E-state index contributed by atoms with van der Waals surface area (Å²) in [5.74, 6) is -2.12. The van der Waals surface area contributed by atoms with Gasteiger partial charge in [-0.2, -0.15) is 0 Å². The number of carbonyl (C=O) groups is 4. The van der Waals surface area contributed by atoms with Gasteiger partial charge in [-0.25, -0.2) is 9.13 Å². The molecular weight excluding hydrogens is 1230 g/mol. The largest absolute Gasteiger partial charge is 0.472 e. The Morgan fingerprint density at radius 3 is 0.628 bits per heavy atom. The first-order chi connectivity index (χ1) is 45.7. The molecule has 0 saturated heterocycles. The van der Waals surface area contributed by atoms with E-state index in [9.17, 15) is 43.2 Å². The number of ether oxygens (including phenoxy) is 4. The second-order valence-electron chi connectivity index (χ2n) is 27.0. The first kappa shape index (κ1) is 92.1. The lowest BCUT2D eigenvalue weighted by Crippen LogP contribution is -2.30. The molecule has 0 amide bonds. The summed E-state index contributed by atoms with van der Waals surface area (Å²) in [5, 5.41) is 10.6. The van der Waals surface area contributed by atoms with Crippen molar-refractivity contribution in [2.24, 2.45) is 0 Å². The van der Waals surface area contributed by atoms with Crippen molar-refractivity contribution in [3.05, 3.63) is 0 Å². The predicted octanol–water partition coefficient (Wildman–Crippen LogP) is 22.2. The van der Waals surface area contributed by atoms with Crippen LogP contribution in [0.3, 0.4) is 0 Å². The first-order valence-corrected chi connectivity index (χ1v) is 42.3. The predicted molar refractivity (Wildman–Crippen MR) is 382 cm³/mol. The van der Waals surface area contributed by atoms with E-state index in [1.807, 2.05) is 0 Å². The molecule has 0 aromatic rings. The smallest absolute Gasteiger partial charge is 0.462 e. The zero-order chi connectivity index (χ0) is 69.0. The number of esters is 4. The Morgan fingerprint density at radius 2 is 0.426 bits per heavy atom. The van der Waals surface area contributed by atoms with Crippen molar-refractivity contribution in [3.8, 4) is 0 Å². The highest BCUT2D eigenvalue weighted by Crippen LogP contribution is 2.45. The van der Waals surface area contributed by atoms with Crippen LogP contribution in [0.25, 0.3) is 0 Å². The third kappa shape index (κ3) is 68.6. The van der Waals surface area contributed by atoms with Crippen molar-refractivity contribution in [3.63, 3.8) is 0 Å². The monoisotopic (exact) mass is 1380 g/mol. The number of carbonyl (C=O) groups excluding carboxylic acids is 4. The van der Waals surface area contributed by atoms with E-state index in [-0.39, 0.29) is 25.7 Å². The molecule has 0 saturated carbocycles. The van der Waals surface area contributed by atoms with Crippen molar-refractivity contribution < 1.29 is 80.2 Å². The maximum absolute atomic E-state index is 13.1. The van der Waals surface area contributed by atoms with Crippen LogP contribution < -0.4 is 0 Å². The lowest BCUT2D eigenvalue weighted by Gasteiger charge is -2.21. The molecule has 0 aliphatic heterocycles. The van der Waals surface area contributed by atoms with Crippen LogP contribution in [0.15, 0.2) is 0 Å². The number of aliphatic hydroxyl groups excluding tert-OH is 1. The summed E-state index contributed by atoms with van der Waals surface area (Å²) in [6.45, 7) is 4.92. The van der Waals surface area contributed by atoms with Gasteiger partial charge >= 0.3 is 39.5 Å². The van der Waals surface area contributed by atoms with Gasteiger partial charge < -0.3 is 33.8 Å². The number of hydrogen-bond donors (Lipinski definition) is 3. The quantitative estimate of drug-likeness (QED) is 0.0222. The average molecular weight is 1380 g/mol. The normalized spacial score (nSPS) is 13.9. The Kier molecular flexibility index (Phi) is 68.1. The minimum Gasteiger partial charge on any atom is -0.462 e. The fourth-order valence-electron chi connectivity index (χ4n) is 11.6. The van der Waals surface area contributed by atoms with Crippen LogP contribution >= 0.6 is 15.6 Å². The summed E-state index contributed by atoms with van der Waals surface area (Å²) < 4.78 is 68.3. The molecule has 0 heterocycles. The molecule has 17 nitrogen and oxygen atoms in total. The Morgan fingerprint density at radius 1 is 0.255 bits per heavy atom. The number of aliphatic hydroxyl groups is 1. The van der Waals surface area contributed by atoms with Gasteiger partial charge in [0.1, 0.15) is 19.3 Å². The van der Waals surface area contributed by atoms with Crippen molar-refractivity contribution in [2.45, 2.75) is 418 Å². The van der Waals surface area contributed by atoms with Crippen LogP contribution in [-0.4, -0.2) is 96.7 Å². The second-order valence-corrected chi connectivity index (χ2v) is 29.9. The van der Waals surface area contributed by atoms with Gasteiger partial charge in [0.05, 0.1) is 26.4 Å². The van der Waals surface area contributed by atoms with Gasteiger partial charge in [0.2, 0.25) is 0 Å². The molecule has 3 N–H and O–H groups in total. The molecule has 0 aliphatic rings. The fraction of sp³-hybridized carbons (Fsp3) is 0.947. The molecular formula is C75H146O17P2. The molecule has 2 unspecified atom stereocenters. The molecule has 94 heavy (non-hydrogen) atoms. The lowest BCUT2D eigenvalue weighted by atomic mass is 10.0. The number of phosphoric acid groups is 2. The molecule has 0 aromatic heterocycles. The van der Waals surface area contributed by atoms with Gasteiger partial charge in [0.15, 0.2) is 12.2 Å².